The highest BCUT2D eigenvalue weighted by molar-refractivity contribution is 5.83. The predicted octanol–water partition coefficient (Wildman–Crippen LogP) is 2.84. The van der Waals surface area contributed by atoms with Crippen LogP contribution in [0.1, 0.15) is 65.7 Å². The molecule has 0 spiro atoms. The van der Waals surface area contributed by atoms with E-state index in [9.17, 15) is 4.79 Å². The van der Waals surface area contributed by atoms with Gasteiger partial charge in [0.1, 0.15) is 0 Å². The summed E-state index contributed by atoms with van der Waals surface area (Å²) in [5.74, 6) is 1.03. The minimum atomic E-state index is -0.332. The molecule has 0 aliphatic heterocycles. The molecule has 1 unspecified atom stereocenters. The van der Waals surface area contributed by atoms with E-state index in [1.807, 2.05) is 0 Å². The normalized spacial score (nSPS) is 17.6. The van der Waals surface area contributed by atoms with Gasteiger partial charge in [0.25, 0.3) is 0 Å². The molecule has 1 aliphatic rings. The predicted molar refractivity (Wildman–Crippen MR) is 76.2 cm³/mol. The average molecular weight is 254 g/mol. The smallest absolute Gasteiger partial charge is 0.227 e. The third-order valence-corrected chi connectivity index (χ3v) is 4.09. The van der Waals surface area contributed by atoms with Crippen molar-refractivity contribution in [3.63, 3.8) is 0 Å². The summed E-state index contributed by atoms with van der Waals surface area (Å²) in [6.07, 6.45) is 7.64. The number of nitrogens with one attached hydrogen (secondary N) is 1. The lowest BCUT2D eigenvalue weighted by atomic mass is 9.78. The molecule has 0 heterocycles. The molecular weight excluding hydrogens is 224 g/mol. The highest BCUT2D eigenvalue weighted by Gasteiger charge is 2.36. The quantitative estimate of drug-likeness (QED) is 0.665. The van der Waals surface area contributed by atoms with Crippen LogP contribution in [0.2, 0.25) is 0 Å². The number of hydrogen-bond acceptors (Lipinski definition) is 2. The average Bonchev–Trinajstić information content (AvgIpc) is 3.12. The monoisotopic (exact) mass is 254 g/mol. The number of carbonyl (C=O) groups is 1. The van der Waals surface area contributed by atoms with E-state index < -0.39 is 0 Å². The molecule has 0 saturated heterocycles. The maximum atomic E-state index is 12.5. The van der Waals surface area contributed by atoms with Crippen LogP contribution in [0.5, 0.6) is 0 Å². The van der Waals surface area contributed by atoms with Gasteiger partial charge in [-0.1, -0.05) is 39.5 Å². The second-order valence-electron chi connectivity index (χ2n) is 6.04. The van der Waals surface area contributed by atoms with Crippen LogP contribution in [-0.2, 0) is 4.79 Å². The molecular formula is C15H30N2O. The first-order chi connectivity index (χ1) is 8.57. The van der Waals surface area contributed by atoms with Gasteiger partial charge in [-0.3, -0.25) is 4.79 Å². The summed E-state index contributed by atoms with van der Waals surface area (Å²) >= 11 is 0. The Morgan fingerprint density at radius 2 is 1.89 bits per heavy atom. The molecule has 0 aromatic heterocycles. The molecule has 1 aliphatic carbocycles. The lowest BCUT2D eigenvalue weighted by molar-refractivity contribution is -0.132. The fourth-order valence-electron chi connectivity index (χ4n) is 2.90. The van der Waals surface area contributed by atoms with Crippen molar-refractivity contribution >= 4 is 5.91 Å². The van der Waals surface area contributed by atoms with Gasteiger partial charge in [-0.2, -0.15) is 0 Å². The Morgan fingerprint density at radius 3 is 2.28 bits per heavy atom. The summed E-state index contributed by atoms with van der Waals surface area (Å²) in [6, 6.07) is 0.296. The van der Waals surface area contributed by atoms with Gasteiger partial charge in [0, 0.05) is 12.6 Å². The molecule has 18 heavy (non-hydrogen) atoms. The van der Waals surface area contributed by atoms with Gasteiger partial charge in [-0.25, -0.2) is 0 Å². The lowest BCUT2D eigenvalue weighted by Crippen LogP contribution is -2.48. The van der Waals surface area contributed by atoms with Crippen molar-refractivity contribution in [1.29, 1.82) is 0 Å². The van der Waals surface area contributed by atoms with Crippen molar-refractivity contribution in [2.75, 3.05) is 6.54 Å². The van der Waals surface area contributed by atoms with Crippen LogP contribution in [0, 0.1) is 11.3 Å². The van der Waals surface area contributed by atoms with Crippen LogP contribution in [0.15, 0.2) is 0 Å². The molecule has 1 saturated carbocycles. The summed E-state index contributed by atoms with van der Waals surface area (Å²) in [5, 5.41) is 3.19. The van der Waals surface area contributed by atoms with Gasteiger partial charge in [0.05, 0.1) is 5.41 Å². The Balaban J connectivity index is 2.55. The third kappa shape index (κ3) is 4.27. The Morgan fingerprint density at radius 1 is 1.33 bits per heavy atom. The largest absolute Gasteiger partial charge is 0.353 e. The fraction of sp³-hybridized carbons (Fsp3) is 0.933. The molecule has 1 atom stereocenters. The zero-order valence-electron chi connectivity index (χ0n) is 12.3. The van der Waals surface area contributed by atoms with E-state index in [1.54, 1.807) is 0 Å². The van der Waals surface area contributed by atoms with Crippen LogP contribution in [0.4, 0.5) is 0 Å². The Kier molecular flexibility index (Phi) is 6.13. The van der Waals surface area contributed by atoms with Crippen molar-refractivity contribution < 1.29 is 4.79 Å². The molecule has 1 fully saturated rings. The van der Waals surface area contributed by atoms with E-state index in [1.165, 1.54) is 12.8 Å². The van der Waals surface area contributed by atoms with Crippen LogP contribution in [-0.4, -0.2) is 18.5 Å². The highest BCUT2D eigenvalue weighted by atomic mass is 16.2. The first kappa shape index (κ1) is 15.5. The second-order valence-corrected chi connectivity index (χ2v) is 6.04. The molecule has 1 amide bonds. The summed E-state index contributed by atoms with van der Waals surface area (Å²) in [7, 11) is 0. The molecule has 0 aromatic rings. The Bertz CT molecular complexity index is 255. The Labute approximate surface area is 112 Å². The lowest BCUT2D eigenvalue weighted by Gasteiger charge is -2.32. The number of nitrogens with two attached hydrogens (primary N) is 1. The van der Waals surface area contributed by atoms with Gasteiger partial charge >= 0.3 is 0 Å². The minimum absolute atomic E-state index is 0.182. The number of amides is 1. The minimum Gasteiger partial charge on any atom is -0.353 e. The van der Waals surface area contributed by atoms with E-state index in [0.29, 0.717) is 12.6 Å². The van der Waals surface area contributed by atoms with Crippen LogP contribution < -0.4 is 11.1 Å². The van der Waals surface area contributed by atoms with Crippen molar-refractivity contribution in [3.8, 4) is 0 Å². The molecule has 1 rings (SSSR count). The molecule has 0 radical (unpaired) electrons. The van der Waals surface area contributed by atoms with E-state index in [4.69, 9.17) is 5.73 Å². The highest BCUT2D eigenvalue weighted by Crippen LogP contribution is 2.34. The van der Waals surface area contributed by atoms with Crippen molar-refractivity contribution in [2.24, 2.45) is 17.1 Å². The van der Waals surface area contributed by atoms with Gasteiger partial charge < -0.3 is 11.1 Å². The molecule has 3 nitrogen and oxygen atoms in total. The molecule has 3 heteroatoms. The number of hydrogen-bond donors (Lipinski definition) is 2. The summed E-state index contributed by atoms with van der Waals surface area (Å²) in [6.45, 7) is 6.84. The molecule has 106 valence electrons. The van der Waals surface area contributed by atoms with Crippen molar-refractivity contribution in [2.45, 2.75) is 71.8 Å². The zero-order valence-corrected chi connectivity index (χ0v) is 12.3. The second kappa shape index (κ2) is 7.13. The van der Waals surface area contributed by atoms with Crippen LogP contribution >= 0.6 is 0 Å². The Hall–Kier alpha value is -0.570. The van der Waals surface area contributed by atoms with Gasteiger partial charge in [0.15, 0.2) is 0 Å². The zero-order chi connectivity index (χ0) is 13.6. The van der Waals surface area contributed by atoms with Crippen LogP contribution in [0.25, 0.3) is 0 Å². The summed E-state index contributed by atoms with van der Waals surface area (Å²) < 4.78 is 0. The van der Waals surface area contributed by atoms with E-state index in [0.717, 1.165) is 38.0 Å². The van der Waals surface area contributed by atoms with Crippen molar-refractivity contribution in [3.05, 3.63) is 0 Å². The topological polar surface area (TPSA) is 55.1 Å². The maximum absolute atomic E-state index is 12.5. The molecule has 3 N–H and O–H groups in total. The standard InChI is InChI=1S/C15H30N2O/c1-4-8-15(11-16,9-5-2)14(18)17-12(3)10-13-6-7-13/h12-13H,4-11,16H2,1-3H3,(H,17,18). The molecule has 0 aromatic carbocycles. The summed E-state index contributed by atoms with van der Waals surface area (Å²) in [4.78, 5) is 12.5. The van der Waals surface area contributed by atoms with Crippen LogP contribution in [0.3, 0.4) is 0 Å². The first-order valence-corrected chi connectivity index (χ1v) is 7.59. The SMILES string of the molecule is CCCC(CN)(CCC)C(=O)NC(C)CC1CC1. The molecule has 0 bridgehead atoms. The van der Waals surface area contributed by atoms with Gasteiger partial charge in [0.2, 0.25) is 5.91 Å². The van der Waals surface area contributed by atoms with Gasteiger partial charge in [-0.05, 0) is 32.1 Å². The van der Waals surface area contributed by atoms with Crippen molar-refractivity contribution in [1.82, 2.24) is 5.32 Å². The first-order valence-electron chi connectivity index (χ1n) is 7.59. The van der Waals surface area contributed by atoms with E-state index >= 15 is 0 Å². The summed E-state index contributed by atoms with van der Waals surface area (Å²) in [5.41, 5.74) is 5.58. The number of rotatable bonds is 9. The van der Waals surface area contributed by atoms with E-state index in [2.05, 4.69) is 26.1 Å². The maximum Gasteiger partial charge on any atom is 0.227 e. The van der Waals surface area contributed by atoms with Gasteiger partial charge in [-0.15, -0.1) is 0 Å². The third-order valence-electron chi connectivity index (χ3n) is 4.09. The van der Waals surface area contributed by atoms with E-state index in [-0.39, 0.29) is 11.3 Å². The fourth-order valence-corrected chi connectivity index (χ4v) is 2.90. The number of carbonyl (C=O) groups excluding carboxylic acids is 1.